The molecule has 0 unspecified atom stereocenters. The van der Waals surface area contributed by atoms with Gasteiger partial charge in [-0.1, -0.05) is 6.07 Å². The highest BCUT2D eigenvalue weighted by atomic mass is 16.5. The summed E-state index contributed by atoms with van der Waals surface area (Å²) in [5.41, 5.74) is 0.902. The first kappa shape index (κ1) is 17.5. The fraction of sp³-hybridized carbons (Fsp3) is 0.556. The maximum absolute atomic E-state index is 12.0. The molecule has 0 radical (unpaired) electrons. The Balaban J connectivity index is 1.53. The summed E-state index contributed by atoms with van der Waals surface area (Å²) in [7, 11) is 1.59. The van der Waals surface area contributed by atoms with E-state index in [1.807, 2.05) is 18.2 Å². The van der Waals surface area contributed by atoms with Gasteiger partial charge < -0.3 is 24.8 Å². The maximum Gasteiger partial charge on any atom is 0.242 e. The van der Waals surface area contributed by atoms with Gasteiger partial charge in [0.25, 0.3) is 0 Å². The Morgan fingerprint density at radius 3 is 2.92 bits per heavy atom. The molecule has 3 rings (SSSR count). The van der Waals surface area contributed by atoms with Crippen molar-refractivity contribution in [1.29, 1.82) is 0 Å². The molecular weight excluding hydrogens is 324 g/mol. The molecule has 0 saturated carbocycles. The Hall–Kier alpha value is -2.28. The van der Waals surface area contributed by atoms with E-state index in [1.165, 1.54) is 0 Å². The van der Waals surface area contributed by atoms with Crippen LogP contribution in [0.1, 0.15) is 31.2 Å². The largest absolute Gasteiger partial charge is 0.493 e. The molecule has 0 aromatic heterocycles. The van der Waals surface area contributed by atoms with Crippen molar-refractivity contribution in [3.05, 3.63) is 23.8 Å². The lowest BCUT2D eigenvalue weighted by Crippen LogP contribution is -2.41. The summed E-state index contributed by atoms with van der Waals surface area (Å²) in [5, 5.41) is 5.50. The van der Waals surface area contributed by atoms with Crippen LogP contribution in [0.15, 0.2) is 18.2 Å². The summed E-state index contributed by atoms with van der Waals surface area (Å²) in [4.78, 5) is 23.2. The molecule has 2 fully saturated rings. The van der Waals surface area contributed by atoms with Crippen molar-refractivity contribution in [3.63, 3.8) is 0 Å². The van der Waals surface area contributed by atoms with E-state index in [0.717, 1.165) is 25.0 Å². The van der Waals surface area contributed by atoms with E-state index in [2.05, 4.69) is 10.6 Å². The predicted molar refractivity (Wildman–Crippen MR) is 90.5 cm³/mol. The van der Waals surface area contributed by atoms with E-state index in [-0.39, 0.29) is 17.9 Å². The molecule has 2 saturated heterocycles. The van der Waals surface area contributed by atoms with Gasteiger partial charge in [0, 0.05) is 19.6 Å². The van der Waals surface area contributed by atoms with Gasteiger partial charge in [0.2, 0.25) is 11.8 Å². The Kier molecular flexibility index (Phi) is 5.75. The monoisotopic (exact) mass is 348 g/mol. The molecule has 0 spiro atoms. The van der Waals surface area contributed by atoms with Crippen molar-refractivity contribution in [2.75, 3.05) is 20.3 Å². The second-order valence-corrected chi connectivity index (χ2v) is 6.31. The lowest BCUT2D eigenvalue weighted by atomic mass is 10.1. The van der Waals surface area contributed by atoms with Crippen LogP contribution in [0.5, 0.6) is 11.5 Å². The van der Waals surface area contributed by atoms with Crippen molar-refractivity contribution in [1.82, 2.24) is 10.6 Å². The predicted octanol–water partition coefficient (Wildman–Crippen LogP) is 1.15. The third-order valence-electron chi connectivity index (χ3n) is 4.46. The fourth-order valence-corrected chi connectivity index (χ4v) is 3.02. The van der Waals surface area contributed by atoms with Crippen molar-refractivity contribution in [3.8, 4) is 11.5 Å². The van der Waals surface area contributed by atoms with Gasteiger partial charge in [0.15, 0.2) is 11.5 Å². The molecule has 2 atom stereocenters. The SMILES string of the molecule is COc1cc(CNC(=O)[C@H]2CCC(=O)N2)ccc1OC[C@@H]1CCCO1. The van der Waals surface area contributed by atoms with Crippen molar-refractivity contribution in [2.45, 2.75) is 44.4 Å². The minimum Gasteiger partial charge on any atom is -0.493 e. The number of amides is 2. The van der Waals surface area contributed by atoms with Crippen LogP contribution in [0, 0.1) is 0 Å². The average Bonchev–Trinajstić information content (AvgIpc) is 3.29. The van der Waals surface area contributed by atoms with E-state index >= 15 is 0 Å². The van der Waals surface area contributed by atoms with Gasteiger partial charge in [0.05, 0.1) is 13.2 Å². The maximum atomic E-state index is 12.0. The molecule has 25 heavy (non-hydrogen) atoms. The van der Waals surface area contributed by atoms with Crippen LogP contribution in [0.4, 0.5) is 0 Å². The first-order valence-corrected chi connectivity index (χ1v) is 8.64. The molecule has 2 amide bonds. The third-order valence-corrected chi connectivity index (χ3v) is 4.46. The molecule has 2 N–H and O–H groups in total. The summed E-state index contributed by atoms with van der Waals surface area (Å²) in [6.45, 7) is 1.67. The lowest BCUT2D eigenvalue weighted by molar-refractivity contribution is -0.125. The highest BCUT2D eigenvalue weighted by Crippen LogP contribution is 2.29. The number of benzene rings is 1. The molecule has 2 heterocycles. The smallest absolute Gasteiger partial charge is 0.242 e. The topological polar surface area (TPSA) is 85.9 Å². The van der Waals surface area contributed by atoms with Crippen molar-refractivity contribution in [2.24, 2.45) is 0 Å². The van der Waals surface area contributed by atoms with E-state index < -0.39 is 6.04 Å². The van der Waals surface area contributed by atoms with Gasteiger partial charge in [-0.05, 0) is 37.0 Å². The molecule has 1 aromatic rings. The molecule has 0 aliphatic carbocycles. The van der Waals surface area contributed by atoms with Gasteiger partial charge >= 0.3 is 0 Å². The van der Waals surface area contributed by atoms with Gasteiger partial charge in [-0.3, -0.25) is 9.59 Å². The third kappa shape index (κ3) is 4.63. The number of hydrogen-bond acceptors (Lipinski definition) is 5. The van der Waals surface area contributed by atoms with Crippen molar-refractivity contribution >= 4 is 11.8 Å². The summed E-state index contributed by atoms with van der Waals surface area (Å²) in [6, 6.07) is 5.15. The average molecular weight is 348 g/mol. The van der Waals surface area contributed by atoms with Crippen molar-refractivity contribution < 1.29 is 23.8 Å². The minimum atomic E-state index is -0.427. The summed E-state index contributed by atoms with van der Waals surface area (Å²) < 4.78 is 16.7. The highest BCUT2D eigenvalue weighted by Gasteiger charge is 2.26. The molecule has 2 aliphatic heterocycles. The van der Waals surface area contributed by atoms with Gasteiger partial charge in [0.1, 0.15) is 12.6 Å². The second kappa shape index (κ2) is 8.20. The molecule has 0 bridgehead atoms. The molecule has 1 aromatic carbocycles. The van der Waals surface area contributed by atoms with E-state index in [0.29, 0.717) is 37.5 Å². The molecule has 7 heteroatoms. The number of carbonyl (C=O) groups is 2. The van der Waals surface area contributed by atoms with E-state index in [4.69, 9.17) is 14.2 Å². The Bertz CT molecular complexity index is 628. The summed E-state index contributed by atoms with van der Waals surface area (Å²) in [6.07, 6.45) is 3.19. The number of nitrogens with one attached hydrogen (secondary N) is 2. The van der Waals surface area contributed by atoms with Crippen LogP contribution in [-0.2, 0) is 20.9 Å². The Morgan fingerprint density at radius 2 is 2.24 bits per heavy atom. The Morgan fingerprint density at radius 1 is 1.36 bits per heavy atom. The lowest BCUT2D eigenvalue weighted by Gasteiger charge is -2.15. The number of methoxy groups -OCH3 is 1. The van der Waals surface area contributed by atoms with Crippen LogP contribution in [0.3, 0.4) is 0 Å². The summed E-state index contributed by atoms with van der Waals surface area (Å²) >= 11 is 0. The van der Waals surface area contributed by atoms with Gasteiger partial charge in [-0.25, -0.2) is 0 Å². The quantitative estimate of drug-likeness (QED) is 0.772. The van der Waals surface area contributed by atoms with E-state index in [9.17, 15) is 9.59 Å². The zero-order valence-corrected chi connectivity index (χ0v) is 14.4. The van der Waals surface area contributed by atoms with Crippen LogP contribution in [0.2, 0.25) is 0 Å². The van der Waals surface area contributed by atoms with E-state index in [1.54, 1.807) is 7.11 Å². The summed E-state index contributed by atoms with van der Waals surface area (Å²) in [5.74, 6) is 1.05. The standard InChI is InChI=1S/C18H24N2O5/c1-23-16-9-12(10-19-18(22)14-5-7-17(21)20-14)4-6-15(16)25-11-13-3-2-8-24-13/h4,6,9,13-14H,2-3,5,7-8,10-11H2,1H3,(H,19,22)(H,20,21)/t13-,14+/m0/s1. The number of hydrogen-bond donors (Lipinski definition) is 2. The first-order valence-electron chi connectivity index (χ1n) is 8.64. The van der Waals surface area contributed by atoms with Gasteiger partial charge in [-0.2, -0.15) is 0 Å². The Labute approximate surface area is 147 Å². The molecular formula is C18H24N2O5. The van der Waals surface area contributed by atoms with Gasteiger partial charge in [-0.15, -0.1) is 0 Å². The fourth-order valence-electron chi connectivity index (χ4n) is 3.02. The molecule has 7 nitrogen and oxygen atoms in total. The second-order valence-electron chi connectivity index (χ2n) is 6.31. The van der Waals surface area contributed by atoms with Crippen LogP contribution >= 0.6 is 0 Å². The van der Waals surface area contributed by atoms with Crippen LogP contribution in [0.25, 0.3) is 0 Å². The highest BCUT2D eigenvalue weighted by molar-refractivity contribution is 5.90. The van der Waals surface area contributed by atoms with Crippen LogP contribution in [-0.4, -0.2) is 44.3 Å². The number of ether oxygens (including phenoxy) is 3. The molecule has 136 valence electrons. The number of carbonyl (C=O) groups excluding carboxylic acids is 2. The number of rotatable bonds is 7. The minimum absolute atomic E-state index is 0.0745. The molecule has 2 aliphatic rings. The zero-order valence-electron chi connectivity index (χ0n) is 14.4. The first-order chi connectivity index (χ1) is 12.2. The zero-order chi connectivity index (χ0) is 17.6. The van der Waals surface area contributed by atoms with Crippen LogP contribution < -0.4 is 20.1 Å². The normalized spacial score (nSPS) is 22.5.